The van der Waals surface area contributed by atoms with Crippen LogP contribution in [0.4, 0.5) is 0 Å². The Balaban J connectivity index is 1.03. The number of rotatable bonds is 15. The van der Waals surface area contributed by atoms with Gasteiger partial charge in [-0.1, -0.05) is 46.3 Å². The Hall–Kier alpha value is -1.14. The Morgan fingerprint density at radius 3 is 1.84 bits per heavy atom. The summed E-state index contributed by atoms with van der Waals surface area (Å²) in [4.78, 5) is 0. The monoisotopic (exact) mass is 1080 g/mol. The van der Waals surface area contributed by atoms with Gasteiger partial charge >= 0.3 is 0 Å². The van der Waals surface area contributed by atoms with Crippen molar-refractivity contribution in [2.45, 2.75) is 248 Å². The van der Waals surface area contributed by atoms with E-state index in [2.05, 4.69) is 40.7 Å². The second-order valence-corrected chi connectivity index (χ2v) is 25.1. The minimum absolute atomic E-state index is 0.0477. The Labute approximate surface area is 440 Å². The van der Waals surface area contributed by atoms with Crippen LogP contribution in [0.15, 0.2) is 11.6 Å². The fraction of sp³-hybridized carbons (Fsp3) is 0.962. The Morgan fingerprint density at radius 2 is 1.20 bits per heavy atom. The van der Waals surface area contributed by atoms with E-state index < -0.39 is 188 Å². The SMILES string of the molecule is [3H][C@]1(O)C[C@@H]2[C@@]3(C)CC[C@H](O[C@@H]4O[C@H](CO)[C@@H](O)[C@H](O)[C@H]4O[C@@H]4O[C@H](CO)[C@@H](O)[C@H](O)[C@H]4O)C(C)(C)C3CC[C@@]2(C)[C@]2(C)CC[C@H]([C@](C)(CCC=C(C)C)O[C@@H]3O[C@H](CO[C@@H]4OC[C@@H](O)[C@@H](O)[C@@H]4O)[C@@H](O)[C@H](O)[C@H]3O)[C@@H]12. The van der Waals surface area contributed by atoms with Crippen LogP contribution in [-0.2, 0) is 37.9 Å². The number of aliphatic hydroxyl groups is 14. The van der Waals surface area contributed by atoms with Crippen molar-refractivity contribution in [3.05, 3.63) is 11.6 Å². The van der Waals surface area contributed by atoms with Crippen LogP contribution in [0.25, 0.3) is 0 Å². The zero-order valence-electron chi connectivity index (χ0n) is 45.7. The van der Waals surface area contributed by atoms with Gasteiger partial charge in [0.25, 0.3) is 0 Å². The Kier molecular flexibility index (Phi) is 17.7. The lowest BCUT2D eigenvalue weighted by Gasteiger charge is -2.71. The van der Waals surface area contributed by atoms with Crippen LogP contribution >= 0.6 is 0 Å². The summed E-state index contributed by atoms with van der Waals surface area (Å²) in [6.07, 6.45) is -25.6. The first kappa shape index (κ1) is 58.5. The predicted molar refractivity (Wildman–Crippen MR) is 260 cm³/mol. The summed E-state index contributed by atoms with van der Waals surface area (Å²) in [5.41, 5.74) is -2.25. The minimum atomic E-state index is -1.98. The second-order valence-electron chi connectivity index (χ2n) is 25.1. The van der Waals surface area contributed by atoms with Gasteiger partial charge in [0.15, 0.2) is 25.2 Å². The molecule has 29 atom stereocenters. The third kappa shape index (κ3) is 10.6. The van der Waals surface area contributed by atoms with Crippen molar-refractivity contribution in [1.82, 2.24) is 0 Å². The molecule has 1 unspecified atom stereocenters. The number of hydrogen-bond acceptors (Lipinski definition) is 22. The number of hydrogen-bond donors (Lipinski definition) is 14. The van der Waals surface area contributed by atoms with E-state index in [0.717, 1.165) is 18.4 Å². The summed E-state index contributed by atoms with van der Waals surface area (Å²) < 4.78 is 58.8. The van der Waals surface area contributed by atoms with Crippen LogP contribution in [0.5, 0.6) is 0 Å². The molecule has 14 N–H and O–H groups in total. The standard InChI is InChI=1S/C53H90O22/c1-23(2)10-9-14-53(8,75-47-43(67)39(63)37(61)29(72-47)22-69-45-41(65)34(58)26(57)21-68-45)24-11-16-52(7)33(24)25(56)18-31-50(5)15-13-32(49(3,4)30(50)12-17-51(31,52)6)73-48-44(40(64)36(60)28(20-55)71-48)74-46-42(66)38(62)35(59)27(19-54)70-46/h10,24-48,54-67H,9,11-22H2,1-8H3/t24-,25-,26+,27+,28+,29+,30?,31+,32-,33-,34+,35+,36+,37+,38-,39-,40-,41-,42+,43+,44+,45-,46-,47-,48-,50-,51+,52+,53-/m0/s1/i25T. The van der Waals surface area contributed by atoms with Crippen LogP contribution in [0.1, 0.15) is 115 Å². The number of ether oxygens (including phenoxy) is 8. The third-order valence-electron chi connectivity index (χ3n) is 20.3. The van der Waals surface area contributed by atoms with Gasteiger partial charge in [0.05, 0.1) is 45.6 Å². The maximum Gasteiger partial charge on any atom is 0.187 e. The van der Waals surface area contributed by atoms with Crippen molar-refractivity contribution < 1.29 is 111 Å². The summed E-state index contributed by atoms with van der Waals surface area (Å²) >= 11 is 0. The molecule has 4 saturated heterocycles. The zero-order chi connectivity index (χ0) is 56.0. The molecule has 8 rings (SSSR count). The lowest BCUT2D eigenvalue weighted by atomic mass is 9.35. The van der Waals surface area contributed by atoms with Gasteiger partial charge in [-0.3, -0.25) is 0 Å². The molecule has 22 heteroatoms. The van der Waals surface area contributed by atoms with E-state index in [4.69, 9.17) is 37.9 Å². The lowest BCUT2D eigenvalue weighted by molar-refractivity contribution is -0.378. The molecule has 0 aromatic heterocycles. The fourth-order valence-electron chi connectivity index (χ4n) is 15.7. The van der Waals surface area contributed by atoms with E-state index in [1.54, 1.807) is 0 Å². The van der Waals surface area contributed by atoms with Gasteiger partial charge in [-0.25, -0.2) is 0 Å². The van der Waals surface area contributed by atoms with E-state index in [1.807, 2.05) is 20.8 Å². The Bertz CT molecular complexity index is 2000. The highest BCUT2D eigenvalue weighted by molar-refractivity contribution is 5.20. The minimum Gasteiger partial charge on any atom is -0.394 e. The van der Waals surface area contributed by atoms with Gasteiger partial charge in [0.2, 0.25) is 0 Å². The van der Waals surface area contributed by atoms with Crippen molar-refractivity contribution in [3.8, 4) is 0 Å². The average molecular weight is 1080 g/mol. The zero-order valence-corrected chi connectivity index (χ0v) is 44.7. The highest BCUT2D eigenvalue weighted by Gasteiger charge is 2.72. The maximum absolute atomic E-state index is 13.0. The largest absolute Gasteiger partial charge is 0.394 e. The summed E-state index contributed by atoms with van der Waals surface area (Å²) in [5.74, 6) is -1.32. The van der Waals surface area contributed by atoms with E-state index in [9.17, 15) is 72.9 Å². The number of aliphatic hydroxyl groups excluding tert-OH is 13. The van der Waals surface area contributed by atoms with Crippen LogP contribution in [0.2, 0.25) is 0 Å². The van der Waals surface area contributed by atoms with Gasteiger partial charge in [-0.2, -0.15) is 0 Å². The van der Waals surface area contributed by atoms with Gasteiger partial charge in [0.1, 0.15) is 91.6 Å². The molecule has 0 bridgehead atoms. The lowest BCUT2D eigenvalue weighted by Crippen LogP contribution is -2.68. The topological polar surface area (TPSA) is 357 Å². The van der Waals surface area contributed by atoms with Crippen LogP contribution < -0.4 is 0 Å². The average Bonchev–Trinajstić information content (AvgIpc) is 3.76. The molecule has 0 radical (unpaired) electrons. The van der Waals surface area contributed by atoms with Crippen LogP contribution in [-0.4, -0.2) is 232 Å². The highest BCUT2D eigenvalue weighted by Crippen LogP contribution is 2.76. The summed E-state index contributed by atoms with van der Waals surface area (Å²) in [5, 5.41) is 152. The van der Waals surface area contributed by atoms with Crippen LogP contribution in [0, 0.1) is 45.3 Å². The third-order valence-corrected chi connectivity index (χ3v) is 20.3. The first-order valence-electron chi connectivity index (χ1n) is 27.7. The molecular formula is C53H90O22. The van der Waals surface area contributed by atoms with Crippen molar-refractivity contribution in [1.29, 1.82) is 0 Å². The van der Waals surface area contributed by atoms with Crippen molar-refractivity contribution in [2.75, 3.05) is 26.4 Å². The molecule has 4 aliphatic carbocycles. The van der Waals surface area contributed by atoms with Gasteiger partial charge in [0, 0.05) is 0 Å². The molecule has 8 fully saturated rings. The molecular weight excluding hydrogens is 989 g/mol. The molecule has 4 heterocycles. The van der Waals surface area contributed by atoms with Crippen molar-refractivity contribution in [2.24, 2.45) is 45.3 Å². The van der Waals surface area contributed by atoms with E-state index in [1.165, 1.54) is 0 Å². The first-order valence-corrected chi connectivity index (χ1v) is 27.2. The molecule has 0 aromatic rings. The summed E-state index contributed by atoms with van der Waals surface area (Å²) in [6, 6.07) is 0. The van der Waals surface area contributed by atoms with Gasteiger partial charge < -0.3 is 109 Å². The predicted octanol–water partition coefficient (Wildman–Crippen LogP) is -1.56. The van der Waals surface area contributed by atoms with E-state index >= 15 is 0 Å². The molecule has 0 spiro atoms. The molecule has 4 aliphatic heterocycles. The van der Waals surface area contributed by atoms with E-state index in [0.29, 0.717) is 38.5 Å². The second kappa shape index (κ2) is 22.7. The highest BCUT2D eigenvalue weighted by atomic mass is 16.8. The molecule has 0 aromatic carbocycles. The molecule has 22 nitrogen and oxygen atoms in total. The van der Waals surface area contributed by atoms with Gasteiger partial charge in [-0.15, -0.1) is 0 Å². The maximum atomic E-state index is 13.0. The van der Waals surface area contributed by atoms with Crippen molar-refractivity contribution >= 4 is 0 Å². The normalized spacial score (nSPS) is 53.9. The van der Waals surface area contributed by atoms with E-state index in [-0.39, 0.29) is 24.9 Å². The number of allylic oxidation sites excluding steroid dienone is 2. The fourth-order valence-corrected chi connectivity index (χ4v) is 15.7. The van der Waals surface area contributed by atoms with Crippen molar-refractivity contribution in [3.63, 3.8) is 0 Å². The summed E-state index contributed by atoms with van der Waals surface area (Å²) in [6.45, 7) is 14.5. The molecule has 0 amide bonds. The summed E-state index contributed by atoms with van der Waals surface area (Å²) in [7, 11) is 0. The van der Waals surface area contributed by atoms with Gasteiger partial charge in [-0.05, 0) is 124 Å². The smallest absolute Gasteiger partial charge is 0.187 e. The number of fused-ring (bicyclic) bond motifs is 5. The molecule has 4 saturated carbocycles. The molecule has 434 valence electrons. The quantitative estimate of drug-likeness (QED) is 0.0651. The molecule has 75 heavy (non-hydrogen) atoms. The first-order chi connectivity index (χ1) is 35.4. The Morgan fingerprint density at radius 1 is 0.627 bits per heavy atom. The molecule has 8 aliphatic rings. The van der Waals surface area contributed by atoms with Crippen LogP contribution in [0.3, 0.4) is 0 Å².